The van der Waals surface area contributed by atoms with Gasteiger partial charge in [0, 0.05) is 6.07 Å². The van der Waals surface area contributed by atoms with Crippen molar-refractivity contribution in [2.24, 2.45) is 0 Å². The van der Waals surface area contributed by atoms with Crippen LogP contribution in [0.5, 0.6) is 5.88 Å². The van der Waals surface area contributed by atoms with Crippen LogP contribution in [0, 0.1) is 0 Å². The molecule has 0 fully saturated rings. The topological polar surface area (TPSA) is 61.0 Å². The summed E-state index contributed by atoms with van der Waals surface area (Å²) >= 11 is 0. The Hall–Kier alpha value is -2.10. The zero-order valence-corrected chi connectivity index (χ0v) is 11.6. The Bertz CT molecular complexity index is 544. The summed E-state index contributed by atoms with van der Waals surface area (Å²) in [5.41, 5.74) is 8.01. The van der Waals surface area contributed by atoms with E-state index in [2.05, 4.69) is 43.1 Å². The minimum absolute atomic E-state index is 0.0900. The summed E-state index contributed by atoms with van der Waals surface area (Å²) in [5.74, 6) is 0.875. The van der Waals surface area contributed by atoms with Crippen molar-refractivity contribution < 1.29 is 4.74 Å². The van der Waals surface area contributed by atoms with Gasteiger partial charge in [0.25, 0.3) is 0 Å². The maximum absolute atomic E-state index is 5.65. The third kappa shape index (κ3) is 3.44. The Morgan fingerprint density at radius 1 is 1.05 bits per heavy atom. The molecule has 100 valence electrons. The monoisotopic (exact) mass is 257 g/mol. The first-order chi connectivity index (χ1) is 8.97. The Balaban J connectivity index is 2.14. The fourth-order valence-electron chi connectivity index (χ4n) is 1.94. The van der Waals surface area contributed by atoms with Gasteiger partial charge < -0.3 is 10.5 Å². The Morgan fingerprint density at radius 3 is 2.42 bits per heavy atom. The van der Waals surface area contributed by atoms with Crippen LogP contribution in [-0.4, -0.2) is 10.2 Å². The predicted octanol–water partition coefficient (Wildman–Crippen LogP) is 2.94. The molecule has 2 aromatic rings. The predicted molar refractivity (Wildman–Crippen MR) is 75.9 cm³/mol. The zero-order valence-electron chi connectivity index (χ0n) is 11.6. The molecule has 1 aromatic carbocycles. The first-order valence-corrected chi connectivity index (χ1v) is 6.27. The van der Waals surface area contributed by atoms with E-state index in [1.54, 1.807) is 12.1 Å². The van der Waals surface area contributed by atoms with Crippen molar-refractivity contribution in [2.45, 2.75) is 32.8 Å². The van der Waals surface area contributed by atoms with Crippen molar-refractivity contribution in [1.29, 1.82) is 0 Å². The second kappa shape index (κ2) is 5.26. The minimum Gasteiger partial charge on any atom is -0.472 e. The molecule has 0 spiro atoms. The van der Waals surface area contributed by atoms with E-state index in [1.807, 2.05) is 12.1 Å². The molecule has 4 heteroatoms. The highest BCUT2D eigenvalue weighted by Gasteiger charge is 2.17. The number of hydrogen-bond acceptors (Lipinski definition) is 4. The van der Waals surface area contributed by atoms with E-state index < -0.39 is 0 Å². The fraction of sp³-hybridized carbons (Fsp3) is 0.333. The Kier molecular flexibility index (Phi) is 3.69. The van der Waals surface area contributed by atoms with Crippen LogP contribution in [0.15, 0.2) is 36.4 Å². The van der Waals surface area contributed by atoms with Crippen LogP contribution in [-0.2, 0) is 12.0 Å². The molecule has 0 saturated heterocycles. The molecule has 0 bridgehead atoms. The molecule has 0 saturated carbocycles. The molecule has 19 heavy (non-hydrogen) atoms. The van der Waals surface area contributed by atoms with Gasteiger partial charge in [-0.3, -0.25) is 0 Å². The molecule has 0 atom stereocenters. The fourth-order valence-corrected chi connectivity index (χ4v) is 1.94. The molecule has 0 unspecified atom stereocenters. The number of nitrogen functional groups attached to an aromatic ring is 1. The number of anilines is 1. The lowest BCUT2D eigenvalue weighted by Gasteiger charge is -2.22. The smallest absolute Gasteiger partial charge is 0.233 e. The van der Waals surface area contributed by atoms with Gasteiger partial charge in [0.2, 0.25) is 5.88 Å². The first-order valence-electron chi connectivity index (χ1n) is 6.27. The Labute approximate surface area is 113 Å². The number of nitrogens with two attached hydrogens (primary N) is 1. The summed E-state index contributed by atoms with van der Waals surface area (Å²) in [6.07, 6.45) is 0. The number of nitrogens with zero attached hydrogens (tertiary/aromatic N) is 2. The zero-order chi connectivity index (χ0) is 13.9. The van der Waals surface area contributed by atoms with Gasteiger partial charge in [0.1, 0.15) is 12.4 Å². The largest absolute Gasteiger partial charge is 0.472 e. The maximum atomic E-state index is 5.65. The molecule has 2 rings (SSSR count). The lowest BCUT2D eigenvalue weighted by Crippen LogP contribution is -2.15. The minimum atomic E-state index is 0.0900. The summed E-state index contributed by atoms with van der Waals surface area (Å²) in [5, 5.41) is 7.65. The third-order valence-corrected chi connectivity index (χ3v) is 2.86. The summed E-state index contributed by atoms with van der Waals surface area (Å²) in [4.78, 5) is 0. The van der Waals surface area contributed by atoms with E-state index in [9.17, 15) is 0 Å². The summed E-state index contributed by atoms with van der Waals surface area (Å²) in [7, 11) is 0. The second-order valence-electron chi connectivity index (χ2n) is 5.49. The highest BCUT2D eigenvalue weighted by molar-refractivity contribution is 5.33. The van der Waals surface area contributed by atoms with E-state index in [-0.39, 0.29) is 5.41 Å². The number of rotatable bonds is 3. The van der Waals surface area contributed by atoms with Crippen molar-refractivity contribution in [2.75, 3.05) is 5.73 Å². The van der Waals surface area contributed by atoms with Crippen molar-refractivity contribution in [1.82, 2.24) is 10.2 Å². The van der Waals surface area contributed by atoms with Crippen molar-refractivity contribution in [3.8, 4) is 5.88 Å². The Morgan fingerprint density at radius 2 is 1.79 bits per heavy atom. The summed E-state index contributed by atoms with van der Waals surface area (Å²) in [6, 6.07) is 11.7. The lowest BCUT2D eigenvalue weighted by atomic mass is 9.84. The average Bonchev–Trinajstić information content (AvgIpc) is 2.37. The van der Waals surface area contributed by atoms with E-state index in [1.165, 1.54) is 5.56 Å². The van der Waals surface area contributed by atoms with Gasteiger partial charge >= 0.3 is 0 Å². The maximum Gasteiger partial charge on any atom is 0.233 e. The number of hydrogen-bond donors (Lipinski definition) is 1. The van der Waals surface area contributed by atoms with Gasteiger partial charge in [-0.2, -0.15) is 0 Å². The van der Waals surface area contributed by atoms with E-state index in [0.29, 0.717) is 18.3 Å². The molecule has 1 aromatic heterocycles. The van der Waals surface area contributed by atoms with Gasteiger partial charge in [-0.05, 0) is 22.6 Å². The van der Waals surface area contributed by atoms with Gasteiger partial charge in [0.05, 0.1) is 0 Å². The van der Waals surface area contributed by atoms with E-state index in [4.69, 9.17) is 10.5 Å². The molecule has 0 aliphatic carbocycles. The normalized spacial score (nSPS) is 11.3. The molecular weight excluding hydrogens is 238 g/mol. The molecule has 0 amide bonds. The van der Waals surface area contributed by atoms with Crippen LogP contribution < -0.4 is 10.5 Å². The quantitative estimate of drug-likeness (QED) is 0.918. The molecule has 0 aliphatic rings. The van der Waals surface area contributed by atoms with Crippen LogP contribution in [0.25, 0.3) is 0 Å². The van der Waals surface area contributed by atoms with E-state index >= 15 is 0 Å². The van der Waals surface area contributed by atoms with Gasteiger partial charge in [-0.25, -0.2) is 0 Å². The van der Waals surface area contributed by atoms with Crippen LogP contribution in [0.2, 0.25) is 0 Å². The molecule has 2 N–H and O–H groups in total. The highest BCUT2D eigenvalue weighted by atomic mass is 16.5. The average molecular weight is 257 g/mol. The van der Waals surface area contributed by atoms with Gasteiger partial charge in [-0.15, -0.1) is 10.2 Å². The van der Waals surface area contributed by atoms with Gasteiger partial charge in [-0.1, -0.05) is 45.0 Å². The van der Waals surface area contributed by atoms with Gasteiger partial charge in [0.15, 0.2) is 0 Å². The van der Waals surface area contributed by atoms with Crippen molar-refractivity contribution in [3.63, 3.8) is 0 Å². The van der Waals surface area contributed by atoms with Crippen LogP contribution in [0.1, 0.15) is 31.9 Å². The number of benzene rings is 1. The first kappa shape index (κ1) is 13.3. The SMILES string of the molecule is CC(C)(C)c1ccccc1COc1ccc(N)nn1. The van der Waals surface area contributed by atoms with Crippen LogP contribution in [0.4, 0.5) is 5.82 Å². The highest BCUT2D eigenvalue weighted by Crippen LogP contribution is 2.26. The molecule has 4 nitrogen and oxygen atoms in total. The molecule has 0 aliphatic heterocycles. The standard InChI is InChI=1S/C15H19N3O/c1-15(2,3)12-7-5-4-6-11(12)10-19-14-9-8-13(16)17-18-14/h4-9H,10H2,1-3H3,(H2,16,17). The number of ether oxygens (including phenoxy) is 1. The number of aromatic nitrogens is 2. The summed E-state index contributed by atoms with van der Waals surface area (Å²) < 4.78 is 5.65. The van der Waals surface area contributed by atoms with E-state index in [0.717, 1.165) is 5.56 Å². The van der Waals surface area contributed by atoms with Crippen LogP contribution in [0.3, 0.4) is 0 Å². The summed E-state index contributed by atoms with van der Waals surface area (Å²) in [6.45, 7) is 7.05. The van der Waals surface area contributed by atoms with Crippen LogP contribution >= 0.6 is 0 Å². The molecular formula is C15H19N3O. The third-order valence-electron chi connectivity index (χ3n) is 2.86. The lowest BCUT2D eigenvalue weighted by molar-refractivity contribution is 0.287. The van der Waals surface area contributed by atoms with Crippen molar-refractivity contribution >= 4 is 5.82 Å². The second-order valence-corrected chi connectivity index (χ2v) is 5.49. The molecule has 0 radical (unpaired) electrons. The van der Waals surface area contributed by atoms with Crippen molar-refractivity contribution in [3.05, 3.63) is 47.5 Å². The molecule has 1 heterocycles.